The summed E-state index contributed by atoms with van der Waals surface area (Å²) in [7, 11) is 0. The molecule has 0 atom stereocenters. The van der Waals surface area contributed by atoms with Crippen LogP contribution in [0.3, 0.4) is 0 Å². The molecule has 2 aromatic heterocycles. The van der Waals surface area contributed by atoms with Gasteiger partial charge >= 0.3 is 0 Å². The van der Waals surface area contributed by atoms with Gasteiger partial charge in [-0.3, -0.25) is 0 Å². The predicted molar refractivity (Wildman–Crippen MR) is 126 cm³/mol. The van der Waals surface area contributed by atoms with E-state index in [-0.39, 0.29) is 23.1 Å². The van der Waals surface area contributed by atoms with Crippen LogP contribution < -0.4 is 0 Å². The second kappa shape index (κ2) is 8.27. The van der Waals surface area contributed by atoms with Gasteiger partial charge in [-0.15, -0.1) is 0 Å². The molecule has 0 aliphatic heterocycles. The maximum Gasteiger partial charge on any atom is 0.235 e. The fourth-order valence-corrected chi connectivity index (χ4v) is 4.31. The molecule has 0 amide bonds. The van der Waals surface area contributed by atoms with Crippen molar-refractivity contribution in [3.05, 3.63) is 79.4 Å². The lowest BCUT2D eigenvalue weighted by Crippen LogP contribution is -2.05. The lowest BCUT2D eigenvalue weighted by Gasteiger charge is -2.16. The van der Waals surface area contributed by atoms with Crippen molar-refractivity contribution in [1.29, 1.82) is 0 Å². The molecular weight excluding hydrogens is 418 g/mol. The number of aromatic nitrogens is 3. The monoisotopic (exact) mass is 441 g/mol. The standard InChI is InChI=1S/C26H23N3O4/c30-19-9-6-18(7-10-19)22-24(23-20-5-2-1-4-17(20)8-11-21(23)31)29(26(33)25(22)32)14-3-13-28-15-12-27-16-28/h1-2,4-12,15-16,30-33H,3,13-14H2. The smallest absolute Gasteiger partial charge is 0.235 e. The first-order valence-corrected chi connectivity index (χ1v) is 10.6. The molecule has 0 saturated heterocycles. The van der Waals surface area contributed by atoms with Crippen molar-refractivity contribution >= 4 is 10.8 Å². The number of hydrogen-bond acceptors (Lipinski definition) is 5. The molecule has 2 heterocycles. The molecular formula is C26H23N3O4. The number of hydrogen-bond donors (Lipinski definition) is 4. The third kappa shape index (κ3) is 3.63. The molecule has 3 aromatic carbocycles. The van der Waals surface area contributed by atoms with Gasteiger partial charge in [0.25, 0.3) is 0 Å². The van der Waals surface area contributed by atoms with Gasteiger partial charge in [0.15, 0.2) is 5.75 Å². The second-order valence-electron chi connectivity index (χ2n) is 7.93. The number of phenols is 2. The zero-order valence-corrected chi connectivity index (χ0v) is 17.8. The summed E-state index contributed by atoms with van der Waals surface area (Å²) < 4.78 is 3.58. The van der Waals surface area contributed by atoms with E-state index in [2.05, 4.69) is 4.98 Å². The van der Waals surface area contributed by atoms with Crippen LogP contribution >= 0.6 is 0 Å². The van der Waals surface area contributed by atoms with E-state index in [0.29, 0.717) is 41.9 Å². The Labute approximate surface area is 190 Å². The molecule has 0 unspecified atom stereocenters. The third-order valence-corrected chi connectivity index (χ3v) is 5.87. The molecule has 0 fully saturated rings. The Hall–Kier alpha value is -4.39. The minimum atomic E-state index is -0.273. The van der Waals surface area contributed by atoms with E-state index < -0.39 is 0 Å². The van der Waals surface area contributed by atoms with Crippen LogP contribution in [0.25, 0.3) is 33.2 Å². The molecule has 0 bridgehead atoms. The Morgan fingerprint density at radius 1 is 0.788 bits per heavy atom. The van der Waals surface area contributed by atoms with E-state index in [1.807, 2.05) is 41.1 Å². The Morgan fingerprint density at radius 3 is 2.33 bits per heavy atom. The average molecular weight is 441 g/mol. The van der Waals surface area contributed by atoms with Crippen LogP contribution in [0.2, 0.25) is 0 Å². The molecule has 0 saturated carbocycles. The Kier molecular flexibility index (Phi) is 5.14. The summed E-state index contributed by atoms with van der Waals surface area (Å²) >= 11 is 0. The van der Waals surface area contributed by atoms with Crippen molar-refractivity contribution < 1.29 is 20.4 Å². The first-order chi connectivity index (χ1) is 16.0. The number of benzene rings is 3. The Bertz CT molecular complexity index is 1420. The number of imidazole rings is 1. The normalized spacial score (nSPS) is 11.3. The number of nitrogens with zero attached hydrogens (tertiary/aromatic N) is 3. The number of aromatic hydroxyl groups is 4. The number of fused-ring (bicyclic) bond motifs is 1. The number of phenolic OH excluding ortho intramolecular Hbond substituents is 2. The summed E-state index contributed by atoms with van der Waals surface area (Å²) in [6.07, 6.45) is 5.96. The van der Waals surface area contributed by atoms with Crippen LogP contribution in [0.1, 0.15) is 6.42 Å². The van der Waals surface area contributed by atoms with E-state index in [0.717, 1.165) is 10.8 Å². The topological polar surface area (TPSA) is 104 Å². The van der Waals surface area contributed by atoms with Crippen molar-refractivity contribution in [3.8, 4) is 45.5 Å². The molecule has 7 heteroatoms. The van der Waals surface area contributed by atoms with Gasteiger partial charge < -0.3 is 29.6 Å². The van der Waals surface area contributed by atoms with Crippen molar-refractivity contribution in [2.24, 2.45) is 0 Å². The predicted octanol–water partition coefficient (Wildman–Crippen LogP) is 5.08. The summed E-state index contributed by atoms with van der Waals surface area (Å²) in [4.78, 5) is 4.05. The van der Waals surface area contributed by atoms with Gasteiger partial charge in [0.2, 0.25) is 5.88 Å². The largest absolute Gasteiger partial charge is 0.508 e. The molecule has 0 aliphatic carbocycles. The van der Waals surface area contributed by atoms with Crippen molar-refractivity contribution in [1.82, 2.24) is 14.1 Å². The highest BCUT2D eigenvalue weighted by molar-refractivity contribution is 6.04. The first-order valence-electron chi connectivity index (χ1n) is 10.6. The third-order valence-electron chi connectivity index (χ3n) is 5.87. The lowest BCUT2D eigenvalue weighted by atomic mass is 9.95. The average Bonchev–Trinajstić information content (AvgIpc) is 3.42. The summed E-state index contributed by atoms with van der Waals surface area (Å²) in [5.41, 5.74) is 2.03. The molecule has 5 aromatic rings. The first kappa shape index (κ1) is 20.5. The van der Waals surface area contributed by atoms with Gasteiger partial charge in [-0.05, 0) is 41.0 Å². The van der Waals surface area contributed by atoms with E-state index in [1.165, 1.54) is 12.1 Å². The highest BCUT2D eigenvalue weighted by Gasteiger charge is 2.27. The Morgan fingerprint density at radius 2 is 1.58 bits per heavy atom. The van der Waals surface area contributed by atoms with Crippen LogP contribution in [0.4, 0.5) is 0 Å². The maximum absolute atomic E-state index is 11.0. The van der Waals surface area contributed by atoms with Crippen molar-refractivity contribution in [2.45, 2.75) is 19.5 Å². The van der Waals surface area contributed by atoms with E-state index in [9.17, 15) is 20.4 Å². The molecule has 0 radical (unpaired) electrons. The second-order valence-corrected chi connectivity index (χ2v) is 7.93. The zero-order chi connectivity index (χ0) is 22.9. The van der Waals surface area contributed by atoms with Gasteiger partial charge in [-0.2, -0.15) is 0 Å². The molecule has 7 nitrogen and oxygen atoms in total. The zero-order valence-electron chi connectivity index (χ0n) is 17.8. The lowest BCUT2D eigenvalue weighted by molar-refractivity contribution is 0.368. The molecule has 5 rings (SSSR count). The van der Waals surface area contributed by atoms with Gasteiger partial charge in [-0.1, -0.05) is 42.5 Å². The molecule has 4 N–H and O–H groups in total. The minimum absolute atomic E-state index is 0.0436. The fourth-order valence-electron chi connectivity index (χ4n) is 4.31. The maximum atomic E-state index is 11.0. The molecule has 0 aliphatic rings. The summed E-state index contributed by atoms with van der Waals surface area (Å²) in [6.45, 7) is 1.07. The van der Waals surface area contributed by atoms with E-state index >= 15 is 0 Å². The van der Waals surface area contributed by atoms with Crippen LogP contribution in [0, 0.1) is 0 Å². The van der Waals surface area contributed by atoms with Gasteiger partial charge in [0.1, 0.15) is 11.5 Å². The SMILES string of the molecule is Oc1ccc(-c2c(O)c(O)n(CCCn3ccnc3)c2-c2c(O)ccc3ccccc23)cc1. The minimum Gasteiger partial charge on any atom is -0.508 e. The summed E-state index contributed by atoms with van der Waals surface area (Å²) in [6, 6.07) is 17.5. The Balaban J connectivity index is 1.73. The van der Waals surface area contributed by atoms with E-state index in [4.69, 9.17) is 0 Å². The van der Waals surface area contributed by atoms with Gasteiger partial charge in [-0.25, -0.2) is 4.98 Å². The van der Waals surface area contributed by atoms with Crippen LogP contribution in [-0.4, -0.2) is 34.5 Å². The molecule has 0 spiro atoms. The van der Waals surface area contributed by atoms with Crippen molar-refractivity contribution in [2.75, 3.05) is 0 Å². The highest BCUT2D eigenvalue weighted by Crippen LogP contribution is 2.50. The summed E-state index contributed by atoms with van der Waals surface area (Å²) in [5.74, 6) is -0.407. The van der Waals surface area contributed by atoms with Crippen molar-refractivity contribution in [3.63, 3.8) is 0 Å². The molecule has 33 heavy (non-hydrogen) atoms. The van der Waals surface area contributed by atoms with Gasteiger partial charge in [0.05, 0.1) is 17.6 Å². The number of aryl methyl sites for hydroxylation is 1. The summed E-state index contributed by atoms with van der Waals surface area (Å²) in [5, 5.41) is 44.4. The van der Waals surface area contributed by atoms with Crippen LogP contribution in [0.15, 0.2) is 79.4 Å². The highest BCUT2D eigenvalue weighted by atomic mass is 16.3. The fraction of sp³-hybridized carbons (Fsp3) is 0.115. The van der Waals surface area contributed by atoms with Crippen LogP contribution in [0.5, 0.6) is 23.1 Å². The van der Waals surface area contributed by atoms with E-state index in [1.54, 1.807) is 35.3 Å². The molecule has 166 valence electrons. The van der Waals surface area contributed by atoms with Crippen LogP contribution in [-0.2, 0) is 13.1 Å². The quantitative estimate of drug-likeness (QED) is 0.294. The van der Waals surface area contributed by atoms with Gasteiger partial charge in [0, 0.05) is 31.0 Å². The number of rotatable bonds is 6.